The molecule has 0 spiro atoms. The zero-order valence-electron chi connectivity index (χ0n) is 14.0. The van der Waals surface area contributed by atoms with Crippen LogP contribution in [-0.2, 0) is 9.53 Å². The third kappa shape index (κ3) is 6.09. The molecule has 128 valence electrons. The molecule has 0 aliphatic rings. The molecule has 2 aromatic carbocycles. The minimum Gasteiger partial charge on any atom is -0.482 e. The van der Waals surface area contributed by atoms with Crippen LogP contribution in [-0.4, -0.2) is 18.7 Å². The average Bonchev–Trinajstić information content (AvgIpc) is 2.58. The second-order valence-electron chi connectivity index (χ2n) is 5.58. The molecule has 2 rings (SSSR count). The Balaban J connectivity index is 2.06. The summed E-state index contributed by atoms with van der Waals surface area (Å²) in [4.78, 5) is 11.5. The molecular formula is C20H18BrNO3. The number of carbonyl (C=O) groups is 1. The topological polar surface area (TPSA) is 59.3 Å². The molecule has 0 N–H and O–H groups in total. The first-order valence-corrected chi connectivity index (χ1v) is 8.57. The maximum Gasteiger partial charge on any atom is 0.344 e. The van der Waals surface area contributed by atoms with E-state index < -0.39 is 5.97 Å². The molecule has 0 aliphatic heterocycles. The number of ether oxygens (including phenoxy) is 2. The highest BCUT2D eigenvalue weighted by Crippen LogP contribution is 2.22. The molecule has 0 saturated heterocycles. The van der Waals surface area contributed by atoms with Gasteiger partial charge < -0.3 is 9.47 Å². The van der Waals surface area contributed by atoms with Crippen molar-refractivity contribution in [3.05, 3.63) is 64.1 Å². The fraction of sp³-hybridized carbons (Fsp3) is 0.200. The molecule has 0 aromatic heterocycles. The van der Waals surface area contributed by atoms with Crippen molar-refractivity contribution in [3.8, 4) is 11.8 Å². The molecule has 5 heteroatoms. The van der Waals surface area contributed by atoms with E-state index in [9.17, 15) is 10.1 Å². The molecule has 0 radical (unpaired) electrons. The Bertz CT molecular complexity index is 804. The second-order valence-corrected chi connectivity index (χ2v) is 6.49. The van der Waals surface area contributed by atoms with Crippen molar-refractivity contribution in [1.82, 2.24) is 0 Å². The molecular weight excluding hydrogens is 382 g/mol. The quantitative estimate of drug-likeness (QED) is 0.395. The normalized spacial score (nSPS) is 11.1. The van der Waals surface area contributed by atoms with Gasteiger partial charge in [-0.15, -0.1) is 0 Å². The number of benzene rings is 2. The number of allylic oxidation sites excluding steroid dienone is 1. The smallest absolute Gasteiger partial charge is 0.344 e. The number of nitriles is 1. The van der Waals surface area contributed by atoms with Crippen molar-refractivity contribution >= 4 is 33.5 Å². The van der Waals surface area contributed by atoms with E-state index in [1.807, 2.05) is 36.4 Å². The number of halogens is 1. The number of hydrogen-bond donors (Lipinski definition) is 0. The first-order valence-electron chi connectivity index (χ1n) is 7.78. The number of carbonyl (C=O) groups excluding carboxylic acids is 1. The maximum absolute atomic E-state index is 11.5. The van der Waals surface area contributed by atoms with Gasteiger partial charge in [-0.05, 0) is 55.3 Å². The van der Waals surface area contributed by atoms with E-state index >= 15 is 0 Å². The number of nitrogens with zero attached hydrogens (tertiary/aromatic N) is 1. The largest absolute Gasteiger partial charge is 0.482 e. The van der Waals surface area contributed by atoms with Crippen molar-refractivity contribution in [2.75, 3.05) is 6.61 Å². The molecule has 2 aromatic rings. The van der Waals surface area contributed by atoms with Gasteiger partial charge in [0.2, 0.25) is 0 Å². The highest BCUT2D eigenvalue weighted by molar-refractivity contribution is 9.10. The Hall–Kier alpha value is -2.58. The van der Waals surface area contributed by atoms with Crippen LogP contribution in [0, 0.1) is 11.3 Å². The molecule has 0 unspecified atom stereocenters. The van der Waals surface area contributed by atoms with E-state index in [0.29, 0.717) is 11.3 Å². The predicted octanol–water partition coefficient (Wildman–Crippen LogP) is 4.84. The first kappa shape index (κ1) is 18.8. The van der Waals surface area contributed by atoms with E-state index in [4.69, 9.17) is 9.47 Å². The highest BCUT2D eigenvalue weighted by atomic mass is 79.9. The Morgan fingerprint density at radius 3 is 2.56 bits per heavy atom. The maximum atomic E-state index is 11.5. The molecule has 0 aliphatic carbocycles. The monoisotopic (exact) mass is 399 g/mol. The fourth-order valence-electron chi connectivity index (χ4n) is 2.10. The minimum atomic E-state index is -0.402. The van der Waals surface area contributed by atoms with Gasteiger partial charge in [0, 0.05) is 4.47 Å². The van der Waals surface area contributed by atoms with Gasteiger partial charge in [0.1, 0.15) is 5.75 Å². The number of esters is 1. The van der Waals surface area contributed by atoms with Crippen LogP contribution in [0.4, 0.5) is 0 Å². The summed E-state index contributed by atoms with van der Waals surface area (Å²) in [5.74, 6) is 0.166. The van der Waals surface area contributed by atoms with Gasteiger partial charge in [0.15, 0.2) is 6.61 Å². The fourth-order valence-corrected chi connectivity index (χ4v) is 2.50. The predicted molar refractivity (Wildman–Crippen MR) is 101 cm³/mol. The summed E-state index contributed by atoms with van der Waals surface area (Å²) < 4.78 is 11.3. The summed E-state index contributed by atoms with van der Waals surface area (Å²) >= 11 is 3.41. The van der Waals surface area contributed by atoms with Crippen molar-refractivity contribution in [2.24, 2.45) is 0 Å². The molecule has 0 bridgehead atoms. The summed E-state index contributed by atoms with van der Waals surface area (Å²) in [6, 6.07) is 17.0. The van der Waals surface area contributed by atoms with E-state index in [2.05, 4.69) is 22.0 Å². The first-order chi connectivity index (χ1) is 12.0. The molecule has 0 heterocycles. The lowest BCUT2D eigenvalue weighted by Crippen LogP contribution is -2.18. The Morgan fingerprint density at radius 1 is 1.24 bits per heavy atom. The summed E-state index contributed by atoms with van der Waals surface area (Å²) in [7, 11) is 0. The van der Waals surface area contributed by atoms with Crippen molar-refractivity contribution in [3.63, 3.8) is 0 Å². The molecule has 4 nitrogen and oxygen atoms in total. The van der Waals surface area contributed by atoms with Crippen molar-refractivity contribution in [2.45, 2.75) is 20.0 Å². The van der Waals surface area contributed by atoms with Gasteiger partial charge in [0.05, 0.1) is 17.7 Å². The van der Waals surface area contributed by atoms with E-state index in [1.165, 1.54) is 0 Å². The zero-order chi connectivity index (χ0) is 18.2. The highest BCUT2D eigenvalue weighted by Gasteiger charge is 2.06. The summed E-state index contributed by atoms with van der Waals surface area (Å²) in [6.07, 6.45) is 1.64. The Morgan fingerprint density at radius 2 is 1.96 bits per heavy atom. The minimum absolute atomic E-state index is 0.130. The Kier molecular flexibility index (Phi) is 6.79. The van der Waals surface area contributed by atoms with Gasteiger partial charge in [0.25, 0.3) is 0 Å². The van der Waals surface area contributed by atoms with Crippen molar-refractivity contribution < 1.29 is 14.3 Å². The van der Waals surface area contributed by atoms with E-state index in [0.717, 1.165) is 15.6 Å². The summed E-state index contributed by atoms with van der Waals surface area (Å²) in [6.45, 7) is 3.45. The van der Waals surface area contributed by atoms with Gasteiger partial charge in [-0.2, -0.15) is 5.26 Å². The zero-order valence-corrected chi connectivity index (χ0v) is 15.6. The van der Waals surface area contributed by atoms with Crippen LogP contribution >= 0.6 is 15.9 Å². The van der Waals surface area contributed by atoms with E-state index in [1.54, 1.807) is 32.1 Å². The summed E-state index contributed by atoms with van der Waals surface area (Å²) in [5, 5.41) is 9.39. The van der Waals surface area contributed by atoms with Crippen molar-refractivity contribution in [1.29, 1.82) is 5.26 Å². The number of rotatable bonds is 6. The van der Waals surface area contributed by atoms with Gasteiger partial charge >= 0.3 is 5.97 Å². The van der Waals surface area contributed by atoms with Crippen LogP contribution in [0.15, 0.2) is 53.0 Å². The third-order valence-corrected chi connectivity index (χ3v) is 3.66. The lowest BCUT2D eigenvalue weighted by atomic mass is 10.0. The molecule has 25 heavy (non-hydrogen) atoms. The average molecular weight is 400 g/mol. The van der Waals surface area contributed by atoms with Gasteiger partial charge in [-0.1, -0.05) is 40.2 Å². The third-order valence-electron chi connectivity index (χ3n) is 3.17. The van der Waals surface area contributed by atoms with Crippen LogP contribution in [0.3, 0.4) is 0 Å². The molecule has 0 amide bonds. The van der Waals surface area contributed by atoms with E-state index in [-0.39, 0.29) is 12.7 Å². The SMILES string of the molecule is CC(C)OC(=O)COc1ccc(/C=C(/C#N)c2cccc(Br)c2)cc1. The van der Waals surface area contributed by atoms with Crippen LogP contribution in [0.2, 0.25) is 0 Å². The molecule has 0 saturated carbocycles. The number of hydrogen-bond acceptors (Lipinski definition) is 4. The standard InChI is InChI=1S/C20H18BrNO3/c1-14(2)25-20(23)13-24-19-8-6-15(7-9-19)10-17(12-22)16-4-3-5-18(21)11-16/h3-11,14H,13H2,1-2H3/b17-10-. The second kappa shape index (κ2) is 9.05. The molecule has 0 fully saturated rings. The lowest BCUT2D eigenvalue weighted by molar-refractivity contribution is -0.149. The van der Waals surface area contributed by atoms with Gasteiger partial charge in [-0.25, -0.2) is 4.79 Å². The van der Waals surface area contributed by atoms with Crippen LogP contribution < -0.4 is 4.74 Å². The van der Waals surface area contributed by atoms with Crippen LogP contribution in [0.25, 0.3) is 11.6 Å². The molecule has 0 atom stereocenters. The van der Waals surface area contributed by atoms with Crippen LogP contribution in [0.5, 0.6) is 5.75 Å². The Labute approximate surface area is 155 Å². The van der Waals surface area contributed by atoms with Gasteiger partial charge in [-0.3, -0.25) is 0 Å². The van der Waals surface area contributed by atoms with Crippen LogP contribution in [0.1, 0.15) is 25.0 Å². The summed E-state index contributed by atoms with van der Waals surface area (Å²) in [5.41, 5.74) is 2.28. The lowest BCUT2D eigenvalue weighted by Gasteiger charge is -2.09.